The van der Waals surface area contributed by atoms with Crippen molar-refractivity contribution < 1.29 is 29.0 Å². The molecule has 2 rings (SSSR count). The van der Waals surface area contributed by atoms with Crippen LogP contribution >= 0.6 is 0 Å². The van der Waals surface area contributed by atoms with Crippen molar-refractivity contribution in [2.75, 3.05) is 0 Å². The summed E-state index contributed by atoms with van der Waals surface area (Å²) in [5, 5.41) is 8.52. The molecule has 1 saturated heterocycles. The lowest BCUT2D eigenvalue weighted by Gasteiger charge is -2.22. The number of rotatable bonds is 3. The van der Waals surface area contributed by atoms with Crippen molar-refractivity contribution >= 4 is 17.9 Å². The number of hydrogen-bond acceptors (Lipinski definition) is 6. The van der Waals surface area contributed by atoms with E-state index in [9.17, 15) is 14.4 Å². The Labute approximate surface area is 128 Å². The SMILES string of the molecule is CC1OC(=O)C(C)OC1=O.N[C@@H](Cc1ccccc1)C(=O)O. The van der Waals surface area contributed by atoms with Gasteiger partial charge in [0.25, 0.3) is 0 Å². The number of aliphatic carboxylic acids is 1. The van der Waals surface area contributed by atoms with Gasteiger partial charge in [-0.15, -0.1) is 0 Å². The molecule has 1 heterocycles. The zero-order valence-electron chi connectivity index (χ0n) is 12.4. The maximum absolute atomic E-state index is 10.7. The van der Waals surface area contributed by atoms with E-state index < -0.39 is 36.2 Å². The Morgan fingerprint density at radius 2 is 1.59 bits per heavy atom. The van der Waals surface area contributed by atoms with Gasteiger partial charge in [0.1, 0.15) is 6.04 Å². The van der Waals surface area contributed by atoms with E-state index in [2.05, 4.69) is 9.47 Å². The van der Waals surface area contributed by atoms with Crippen molar-refractivity contribution in [3.8, 4) is 0 Å². The second-order valence-corrected chi connectivity index (χ2v) is 4.79. The van der Waals surface area contributed by atoms with Crippen LogP contribution in [0.3, 0.4) is 0 Å². The molecule has 0 radical (unpaired) electrons. The zero-order chi connectivity index (χ0) is 16.7. The molecule has 0 amide bonds. The first kappa shape index (κ1) is 17.6. The van der Waals surface area contributed by atoms with Gasteiger partial charge in [-0.25, -0.2) is 9.59 Å². The summed E-state index contributed by atoms with van der Waals surface area (Å²) in [5.74, 6) is -1.92. The second-order valence-electron chi connectivity index (χ2n) is 4.79. The largest absolute Gasteiger partial charge is 0.480 e. The highest BCUT2D eigenvalue weighted by atomic mass is 16.6. The van der Waals surface area contributed by atoms with Crippen LogP contribution in [0.1, 0.15) is 19.4 Å². The Morgan fingerprint density at radius 1 is 1.14 bits per heavy atom. The quantitative estimate of drug-likeness (QED) is 0.781. The van der Waals surface area contributed by atoms with Crippen LogP contribution in [0.5, 0.6) is 0 Å². The molecule has 0 spiro atoms. The monoisotopic (exact) mass is 309 g/mol. The highest BCUT2D eigenvalue weighted by Crippen LogP contribution is 2.08. The molecule has 0 bridgehead atoms. The van der Waals surface area contributed by atoms with Gasteiger partial charge >= 0.3 is 17.9 Å². The predicted octanol–water partition coefficient (Wildman–Crippen LogP) is 0.504. The Bertz CT molecular complexity index is 510. The molecular weight excluding hydrogens is 290 g/mol. The van der Waals surface area contributed by atoms with Gasteiger partial charge in [0, 0.05) is 0 Å². The number of carboxylic acid groups (broad SMARTS) is 1. The summed E-state index contributed by atoms with van der Waals surface area (Å²) < 4.78 is 9.19. The standard InChI is InChI=1S/C9H11NO2.C6H8O4/c10-8(9(11)12)6-7-4-2-1-3-5-7;1-3-5(7)10-4(2)6(8)9-3/h1-5,8H,6,10H2,(H,11,12);3-4H,1-2H3/t8-;/m0./s1. The predicted molar refractivity (Wildman–Crippen MR) is 76.9 cm³/mol. The molecule has 0 aliphatic carbocycles. The fourth-order valence-electron chi connectivity index (χ4n) is 1.59. The van der Waals surface area contributed by atoms with E-state index in [4.69, 9.17) is 10.8 Å². The maximum atomic E-state index is 10.7. The van der Waals surface area contributed by atoms with Crippen LogP contribution in [0.2, 0.25) is 0 Å². The molecule has 2 unspecified atom stereocenters. The number of cyclic esters (lactones) is 2. The molecular formula is C15H19NO6. The summed E-state index contributed by atoms with van der Waals surface area (Å²) in [4.78, 5) is 31.7. The Morgan fingerprint density at radius 3 is 2.00 bits per heavy atom. The third-order valence-electron chi connectivity index (χ3n) is 2.87. The molecule has 7 heteroatoms. The highest BCUT2D eigenvalue weighted by molar-refractivity contribution is 5.86. The van der Waals surface area contributed by atoms with Crippen LogP contribution in [0.25, 0.3) is 0 Å². The first-order chi connectivity index (χ1) is 10.3. The van der Waals surface area contributed by atoms with Crippen molar-refractivity contribution in [3.63, 3.8) is 0 Å². The summed E-state index contributed by atoms with van der Waals surface area (Å²) in [6, 6.07) is 8.54. The fraction of sp³-hybridized carbons (Fsp3) is 0.400. The van der Waals surface area contributed by atoms with Gasteiger partial charge in [0.05, 0.1) is 0 Å². The van der Waals surface area contributed by atoms with Gasteiger partial charge in [-0.3, -0.25) is 4.79 Å². The van der Waals surface area contributed by atoms with E-state index in [1.165, 1.54) is 13.8 Å². The van der Waals surface area contributed by atoms with Crippen LogP contribution in [0, 0.1) is 0 Å². The van der Waals surface area contributed by atoms with E-state index in [1.54, 1.807) is 0 Å². The third-order valence-corrected chi connectivity index (χ3v) is 2.87. The van der Waals surface area contributed by atoms with E-state index in [0.29, 0.717) is 6.42 Å². The Kier molecular flexibility index (Phi) is 6.52. The molecule has 7 nitrogen and oxygen atoms in total. The highest BCUT2D eigenvalue weighted by Gasteiger charge is 2.32. The van der Waals surface area contributed by atoms with Gasteiger partial charge in [-0.1, -0.05) is 30.3 Å². The second kappa shape index (κ2) is 8.14. The average molecular weight is 309 g/mol. The summed E-state index contributed by atoms with van der Waals surface area (Å²) in [6.45, 7) is 2.96. The fourth-order valence-corrected chi connectivity index (χ4v) is 1.59. The molecule has 0 aromatic heterocycles. The lowest BCUT2D eigenvalue weighted by atomic mass is 10.1. The Hall–Kier alpha value is -2.41. The number of ether oxygens (including phenoxy) is 2. The summed E-state index contributed by atoms with van der Waals surface area (Å²) in [6.07, 6.45) is -1.11. The molecule has 1 aromatic rings. The molecule has 1 aliphatic rings. The number of benzene rings is 1. The molecule has 22 heavy (non-hydrogen) atoms. The average Bonchev–Trinajstić information content (AvgIpc) is 2.47. The van der Waals surface area contributed by atoms with Crippen molar-refractivity contribution in [1.29, 1.82) is 0 Å². The minimum Gasteiger partial charge on any atom is -0.480 e. The third kappa shape index (κ3) is 5.53. The lowest BCUT2D eigenvalue weighted by Crippen LogP contribution is -2.40. The number of carboxylic acids is 1. The molecule has 3 N–H and O–H groups in total. The van der Waals surface area contributed by atoms with E-state index in [1.807, 2.05) is 30.3 Å². The number of carbonyl (C=O) groups excluding carboxylic acids is 2. The van der Waals surface area contributed by atoms with Crippen molar-refractivity contribution in [2.24, 2.45) is 5.73 Å². The maximum Gasteiger partial charge on any atom is 0.347 e. The van der Waals surface area contributed by atoms with E-state index >= 15 is 0 Å². The minimum atomic E-state index is -0.959. The first-order valence-electron chi connectivity index (χ1n) is 6.74. The van der Waals surface area contributed by atoms with E-state index in [-0.39, 0.29) is 0 Å². The van der Waals surface area contributed by atoms with Gasteiger partial charge in [-0.2, -0.15) is 0 Å². The van der Waals surface area contributed by atoms with Gasteiger partial charge in [-0.05, 0) is 25.8 Å². The smallest absolute Gasteiger partial charge is 0.347 e. The molecule has 0 saturated carbocycles. The molecule has 3 atom stereocenters. The summed E-state index contributed by atoms with van der Waals surface area (Å²) in [5.41, 5.74) is 6.30. The Balaban J connectivity index is 0.000000224. The summed E-state index contributed by atoms with van der Waals surface area (Å²) >= 11 is 0. The van der Waals surface area contributed by atoms with Crippen molar-refractivity contribution in [3.05, 3.63) is 35.9 Å². The van der Waals surface area contributed by atoms with E-state index in [0.717, 1.165) is 5.56 Å². The molecule has 1 aliphatic heterocycles. The zero-order valence-corrected chi connectivity index (χ0v) is 12.4. The van der Waals surface area contributed by atoms with Crippen molar-refractivity contribution in [2.45, 2.75) is 38.5 Å². The van der Waals surface area contributed by atoms with Gasteiger partial charge in [0.2, 0.25) is 0 Å². The number of esters is 2. The summed E-state index contributed by atoms with van der Waals surface area (Å²) in [7, 11) is 0. The van der Waals surface area contributed by atoms with Gasteiger partial charge in [0.15, 0.2) is 12.2 Å². The van der Waals surface area contributed by atoms with Gasteiger partial charge < -0.3 is 20.3 Å². The number of carbonyl (C=O) groups is 3. The normalized spacial score (nSPS) is 21.8. The van der Waals surface area contributed by atoms with Crippen LogP contribution in [-0.2, 0) is 30.3 Å². The minimum absolute atomic E-state index is 0.385. The lowest BCUT2D eigenvalue weighted by molar-refractivity contribution is -0.191. The van der Waals surface area contributed by atoms with Crippen LogP contribution in [0.4, 0.5) is 0 Å². The van der Waals surface area contributed by atoms with Crippen molar-refractivity contribution in [1.82, 2.24) is 0 Å². The number of hydrogen-bond donors (Lipinski definition) is 2. The first-order valence-corrected chi connectivity index (χ1v) is 6.74. The number of nitrogens with two attached hydrogens (primary N) is 1. The topological polar surface area (TPSA) is 116 Å². The van der Waals surface area contributed by atoms with Crippen LogP contribution < -0.4 is 5.73 Å². The van der Waals surface area contributed by atoms with Crippen LogP contribution in [0.15, 0.2) is 30.3 Å². The molecule has 1 aromatic carbocycles. The van der Waals surface area contributed by atoms with Crippen LogP contribution in [-0.4, -0.2) is 41.3 Å². The molecule has 120 valence electrons. The molecule has 1 fully saturated rings.